The van der Waals surface area contributed by atoms with E-state index in [4.69, 9.17) is 14.2 Å². The number of hydrogen-bond acceptors (Lipinski definition) is 8. The van der Waals surface area contributed by atoms with Gasteiger partial charge in [-0.05, 0) is 20.8 Å². The highest BCUT2D eigenvalue weighted by molar-refractivity contribution is 5.94. The van der Waals surface area contributed by atoms with Gasteiger partial charge in [-0.3, -0.25) is 9.69 Å². The Kier molecular flexibility index (Phi) is 4.47. The third kappa shape index (κ3) is 3.89. The molecule has 2 fully saturated rings. The van der Waals surface area contributed by atoms with E-state index in [1.54, 1.807) is 4.90 Å². The lowest BCUT2D eigenvalue weighted by Gasteiger charge is -2.37. The molecule has 1 aromatic rings. The molecule has 0 aromatic carbocycles. The topological polar surface area (TPSA) is 123 Å². The van der Waals surface area contributed by atoms with Crippen LogP contribution in [0.4, 0.5) is 21.2 Å². The smallest absolute Gasteiger partial charge is 0.416 e. The van der Waals surface area contributed by atoms with Crippen molar-refractivity contribution < 1.29 is 28.6 Å². The first kappa shape index (κ1) is 19.2. The lowest BCUT2D eigenvalue weighted by atomic mass is 9.91. The van der Waals surface area contributed by atoms with Gasteiger partial charge >= 0.3 is 12.2 Å². The largest absolute Gasteiger partial charge is 0.465 e. The molecule has 0 aliphatic carbocycles. The normalized spacial score (nSPS) is 20.7. The van der Waals surface area contributed by atoms with Crippen LogP contribution in [0.15, 0.2) is 6.20 Å². The Hall–Kier alpha value is -3.11. The fraction of sp³-hybridized carbons (Fsp3) is 0.611. The Morgan fingerprint density at radius 2 is 2.00 bits per heavy atom. The predicted octanol–water partition coefficient (Wildman–Crippen LogP) is 1.53. The highest BCUT2D eigenvalue weighted by Crippen LogP contribution is 2.36. The zero-order valence-corrected chi connectivity index (χ0v) is 16.6. The van der Waals surface area contributed by atoms with E-state index in [2.05, 4.69) is 15.3 Å². The van der Waals surface area contributed by atoms with Crippen LogP contribution in [0.5, 0.6) is 5.88 Å². The van der Waals surface area contributed by atoms with Crippen molar-refractivity contribution in [1.29, 1.82) is 0 Å². The van der Waals surface area contributed by atoms with Crippen LogP contribution in [0, 0.1) is 0 Å². The molecule has 11 heteroatoms. The molecular formula is C18H23N5O6. The molecule has 0 bridgehead atoms. The van der Waals surface area contributed by atoms with E-state index in [1.807, 2.05) is 20.8 Å². The summed E-state index contributed by atoms with van der Waals surface area (Å²) in [6, 6.07) is 0. The molecule has 0 atom stereocenters. The Labute approximate surface area is 167 Å². The number of anilines is 2. The van der Waals surface area contributed by atoms with Crippen LogP contribution in [0.3, 0.4) is 0 Å². The van der Waals surface area contributed by atoms with E-state index >= 15 is 0 Å². The number of amides is 3. The van der Waals surface area contributed by atoms with Crippen LogP contribution in [0.2, 0.25) is 0 Å². The summed E-state index contributed by atoms with van der Waals surface area (Å²) < 4.78 is 16.3. The zero-order valence-electron chi connectivity index (χ0n) is 16.6. The van der Waals surface area contributed by atoms with Crippen molar-refractivity contribution in [2.45, 2.75) is 44.8 Å². The number of carbonyl (C=O) groups is 3. The predicted molar refractivity (Wildman–Crippen MR) is 99.8 cm³/mol. The number of ether oxygens (including phenoxy) is 3. The summed E-state index contributed by atoms with van der Waals surface area (Å²) in [5, 5.41) is 2.57. The number of likely N-dealkylation sites (tertiary alicyclic amines) is 1. The van der Waals surface area contributed by atoms with Crippen molar-refractivity contribution in [2.24, 2.45) is 0 Å². The van der Waals surface area contributed by atoms with Gasteiger partial charge in [-0.25, -0.2) is 19.6 Å². The third-order valence-electron chi connectivity index (χ3n) is 4.90. The number of piperidine rings is 1. The molecule has 1 N–H and O–H groups in total. The second kappa shape index (κ2) is 6.75. The summed E-state index contributed by atoms with van der Waals surface area (Å²) in [4.78, 5) is 47.6. The molecule has 156 valence electrons. The van der Waals surface area contributed by atoms with Crippen molar-refractivity contribution >= 4 is 29.7 Å². The van der Waals surface area contributed by atoms with E-state index in [1.165, 1.54) is 11.1 Å². The molecule has 1 spiro atoms. The minimum Gasteiger partial charge on any atom is -0.465 e. The zero-order chi connectivity index (χ0) is 20.8. The van der Waals surface area contributed by atoms with Crippen LogP contribution >= 0.6 is 0 Å². The molecule has 4 rings (SSSR count). The number of fused-ring (bicyclic) bond motifs is 1. The van der Waals surface area contributed by atoms with Crippen molar-refractivity contribution in [1.82, 2.24) is 14.9 Å². The summed E-state index contributed by atoms with van der Waals surface area (Å²) >= 11 is 0. The van der Waals surface area contributed by atoms with Gasteiger partial charge in [-0.15, -0.1) is 0 Å². The SMILES string of the molecule is CC(C)(C)OC(=O)N1CCC2(CC1)CN(c1cnc3c(n1)NC(=O)CO3)C(=O)O2. The monoisotopic (exact) mass is 405 g/mol. The van der Waals surface area contributed by atoms with Crippen molar-refractivity contribution in [3.63, 3.8) is 0 Å². The first-order chi connectivity index (χ1) is 13.6. The lowest BCUT2D eigenvalue weighted by Crippen LogP contribution is -2.49. The Bertz CT molecular complexity index is 859. The summed E-state index contributed by atoms with van der Waals surface area (Å²) in [5.74, 6) is 0.318. The van der Waals surface area contributed by atoms with Crippen molar-refractivity contribution in [3.05, 3.63) is 6.20 Å². The third-order valence-corrected chi connectivity index (χ3v) is 4.90. The average molecular weight is 405 g/mol. The van der Waals surface area contributed by atoms with Crippen LogP contribution < -0.4 is 15.0 Å². The van der Waals surface area contributed by atoms with Gasteiger partial charge in [0.15, 0.2) is 18.2 Å². The highest BCUT2D eigenvalue weighted by Gasteiger charge is 2.49. The molecule has 0 radical (unpaired) electrons. The molecule has 3 aliphatic rings. The second-order valence-corrected chi connectivity index (χ2v) is 8.32. The average Bonchev–Trinajstić information content (AvgIpc) is 2.96. The summed E-state index contributed by atoms with van der Waals surface area (Å²) in [6.45, 7) is 6.48. The number of hydrogen-bond donors (Lipinski definition) is 1. The molecule has 29 heavy (non-hydrogen) atoms. The fourth-order valence-electron chi connectivity index (χ4n) is 3.47. The maximum absolute atomic E-state index is 12.5. The molecule has 0 unspecified atom stereocenters. The van der Waals surface area contributed by atoms with Gasteiger partial charge < -0.3 is 24.4 Å². The molecule has 3 amide bonds. The van der Waals surface area contributed by atoms with Crippen LogP contribution in [-0.4, -0.2) is 70.4 Å². The number of nitrogens with one attached hydrogen (secondary N) is 1. The molecule has 11 nitrogen and oxygen atoms in total. The number of aromatic nitrogens is 2. The van der Waals surface area contributed by atoms with Gasteiger partial charge in [-0.2, -0.15) is 0 Å². The van der Waals surface area contributed by atoms with Crippen molar-refractivity contribution in [2.75, 3.05) is 36.5 Å². The van der Waals surface area contributed by atoms with Gasteiger partial charge in [0.1, 0.15) is 11.2 Å². The fourth-order valence-corrected chi connectivity index (χ4v) is 3.47. The molecular weight excluding hydrogens is 382 g/mol. The maximum atomic E-state index is 12.5. The molecule has 1 aromatic heterocycles. The number of nitrogens with zero attached hydrogens (tertiary/aromatic N) is 4. The lowest BCUT2D eigenvalue weighted by molar-refractivity contribution is -0.118. The Morgan fingerprint density at radius 3 is 2.69 bits per heavy atom. The van der Waals surface area contributed by atoms with Crippen LogP contribution in [-0.2, 0) is 14.3 Å². The van der Waals surface area contributed by atoms with E-state index in [9.17, 15) is 14.4 Å². The van der Waals surface area contributed by atoms with Crippen LogP contribution in [0.25, 0.3) is 0 Å². The van der Waals surface area contributed by atoms with Gasteiger partial charge in [0, 0.05) is 25.9 Å². The minimum atomic E-state index is -0.701. The quantitative estimate of drug-likeness (QED) is 0.746. The molecule has 3 aliphatic heterocycles. The molecule has 4 heterocycles. The van der Waals surface area contributed by atoms with E-state index in [0.29, 0.717) is 25.9 Å². The summed E-state index contributed by atoms with van der Waals surface area (Å²) in [7, 11) is 0. The highest BCUT2D eigenvalue weighted by atomic mass is 16.6. The number of rotatable bonds is 1. The van der Waals surface area contributed by atoms with Gasteiger partial charge in [0.05, 0.1) is 12.7 Å². The number of carbonyl (C=O) groups excluding carboxylic acids is 3. The van der Waals surface area contributed by atoms with Crippen molar-refractivity contribution in [3.8, 4) is 5.88 Å². The van der Waals surface area contributed by atoms with Gasteiger partial charge in [-0.1, -0.05) is 0 Å². The first-order valence-corrected chi connectivity index (χ1v) is 9.42. The molecule has 2 saturated heterocycles. The standard InChI is InChI=1S/C18H23N5O6/c1-17(2,3)28-15(25)22-6-4-18(5-7-22)10-23(16(26)29-18)11-8-19-14-13(20-11)21-12(24)9-27-14/h8H,4-7,9-10H2,1-3H3,(H,20,21,24). The maximum Gasteiger partial charge on any atom is 0.416 e. The van der Waals surface area contributed by atoms with Gasteiger partial charge in [0.2, 0.25) is 0 Å². The molecule has 0 saturated carbocycles. The Morgan fingerprint density at radius 1 is 1.28 bits per heavy atom. The minimum absolute atomic E-state index is 0.121. The summed E-state index contributed by atoms with van der Waals surface area (Å²) in [5.41, 5.74) is -1.26. The summed E-state index contributed by atoms with van der Waals surface area (Å²) in [6.07, 6.45) is 1.49. The van der Waals surface area contributed by atoms with E-state index in [0.717, 1.165) is 0 Å². The first-order valence-electron chi connectivity index (χ1n) is 9.42. The van der Waals surface area contributed by atoms with E-state index in [-0.39, 0.29) is 42.7 Å². The van der Waals surface area contributed by atoms with E-state index < -0.39 is 17.3 Å². The van der Waals surface area contributed by atoms with Crippen LogP contribution in [0.1, 0.15) is 33.6 Å². The van der Waals surface area contributed by atoms with Gasteiger partial charge in [0.25, 0.3) is 11.8 Å². The second-order valence-electron chi connectivity index (χ2n) is 8.32. The Balaban J connectivity index is 1.43.